The lowest BCUT2D eigenvalue weighted by molar-refractivity contribution is 0.295. The first-order valence-electron chi connectivity index (χ1n) is 8.99. The van der Waals surface area contributed by atoms with Crippen LogP contribution in [0.25, 0.3) is 5.70 Å². The largest absolute Gasteiger partial charge is 0.371 e. The van der Waals surface area contributed by atoms with Crippen LogP contribution in [0, 0.1) is 13.8 Å². The van der Waals surface area contributed by atoms with Crippen LogP contribution in [0.5, 0.6) is 0 Å². The normalized spacial score (nSPS) is 16.8. The third-order valence-electron chi connectivity index (χ3n) is 4.83. The number of rotatable bonds is 3. The minimum absolute atomic E-state index is 0.606. The lowest BCUT2D eigenvalue weighted by atomic mass is 9.89. The second-order valence-corrected chi connectivity index (χ2v) is 7.39. The Kier molecular flexibility index (Phi) is 7.08. The van der Waals surface area contributed by atoms with Crippen LogP contribution in [0.4, 0.5) is 0 Å². The van der Waals surface area contributed by atoms with Gasteiger partial charge in [0, 0.05) is 42.2 Å². The smallest absolute Gasteiger partial charge is 0.0385 e. The predicted molar refractivity (Wildman–Crippen MR) is 115 cm³/mol. The highest BCUT2D eigenvalue weighted by Crippen LogP contribution is 2.32. The Bertz CT molecular complexity index is 729. The van der Waals surface area contributed by atoms with Crippen molar-refractivity contribution in [2.24, 2.45) is 0 Å². The van der Waals surface area contributed by atoms with Gasteiger partial charge < -0.3 is 9.88 Å². The van der Waals surface area contributed by atoms with Gasteiger partial charge in [-0.15, -0.1) is 15.8 Å². The van der Waals surface area contributed by atoms with Crippen molar-refractivity contribution >= 4 is 20.2 Å². The quantitative estimate of drug-likeness (QED) is 0.595. The molecule has 1 aromatic carbocycles. The van der Waals surface area contributed by atoms with Gasteiger partial charge in [0.05, 0.1) is 0 Å². The Morgan fingerprint density at radius 2 is 2.04 bits per heavy atom. The molecule has 2 atom stereocenters. The maximum atomic E-state index is 4.34. The third kappa shape index (κ3) is 4.86. The molecule has 2 nitrogen and oxygen atoms in total. The molecule has 1 aliphatic heterocycles. The van der Waals surface area contributed by atoms with Crippen LogP contribution < -0.4 is 5.30 Å². The maximum absolute atomic E-state index is 4.34. The summed E-state index contributed by atoms with van der Waals surface area (Å²) >= 11 is 0. The molecular formula is C22H31N2P. The molecule has 0 radical (unpaired) electrons. The molecule has 134 valence electrons. The number of H-pyrrole nitrogens is 1. The van der Waals surface area contributed by atoms with E-state index in [4.69, 9.17) is 0 Å². The first kappa shape index (κ1) is 19.5. The number of hydrogen-bond donors (Lipinski definition) is 1. The summed E-state index contributed by atoms with van der Waals surface area (Å²) in [6.07, 6.45) is 6.25. The molecule has 0 spiro atoms. The van der Waals surface area contributed by atoms with Gasteiger partial charge in [0.25, 0.3) is 0 Å². The van der Waals surface area contributed by atoms with Crippen molar-refractivity contribution in [3.8, 4) is 0 Å². The molecule has 25 heavy (non-hydrogen) atoms. The summed E-state index contributed by atoms with van der Waals surface area (Å²) in [7, 11) is 2.81. The predicted octanol–water partition coefficient (Wildman–Crippen LogP) is 5.17. The summed E-state index contributed by atoms with van der Waals surface area (Å²) in [4.78, 5) is 5.71. The van der Waals surface area contributed by atoms with Crippen LogP contribution in [-0.4, -0.2) is 23.0 Å². The van der Waals surface area contributed by atoms with Gasteiger partial charge in [-0.25, -0.2) is 0 Å². The zero-order chi connectivity index (χ0) is 18.4. The summed E-state index contributed by atoms with van der Waals surface area (Å²) in [6.45, 7) is 16.1. The van der Waals surface area contributed by atoms with E-state index in [1.54, 1.807) is 6.08 Å². The fraction of sp³-hybridized carbons (Fsp3) is 0.364. The zero-order valence-corrected chi connectivity index (χ0v) is 17.0. The van der Waals surface area contributed by atoms with Crippen molar-refractivity contribution in [2.75, 3.05) is 13.1 Å². The number of nitrogens with zero attached hydrogens (tertiary/aromatic N) is 1. The van der Waals surface area contributed by atoms with E-state index in [0.717, 1.165) is 18.8 Å². The minimum Gasteiger partial charge on any atom is -0.371 e. The summed E-state index contributed by atoms with van der Waals surface area (Å²) in [6, 6.07) is 8.99. The Morgan fingerprint density at radius 3 is 2.64 bits per heavy atom. The lowest BCUT2D eigenvalue weighted by Gasteiger charge is -2.36. The zero-order valence-electron chi connectivity index (χ0n) is 15.8. The van der Waals surface area contributed by atoms with Gasteiger partial charge >= 0.3 is 0 Å². The Labute approximate surface area is 155 Å². The van der Waals surface area contributed by atoms with Crippen molar-refractivity contribution in [3.05, 3.63) is 72.1 Å². The van der Waals surface area contributed by atoms with Crippen LogP contribution in [0.3, 0.4) is 0 Å². The third-order valence-corrected chi connectivity index (χ3v) is 5.48. The van der Waals surface area contributed by atoms with E-state index in [1.165, 1.54) is 40.5 Å². The molecular weight excluding hydrogens is 323 g/mol. The van der Waals surface area contributed by atoms with Crippen molar-refractivity contribution in [1.29, 1.82) is 0 Å². The van der Waals surface area contributed by atoms with Crippen LogP contribution in [-0.2, 0) is 0 Å². The van der Waals surface area contributed by atoms with Gasteiger partial charge in [-0.05, 0) is 56.1 Å². The number of piperidine rings is 1. The van der Waals surface area contributed by atoms with Gasteiger partial charge in [-0.3, -0.25) is 0 Å². The molecule has 1 aliphatic rings. The molecule has 2 heterocycles. The molecule has 2 unspecified atom stereocenters. The first-order valence-corrected chi connectivity index (χ1v) is 9.57. The highest BCUT2D eigenvalue weighted by molar-refractivity contribution is 7.27. The van der Waals surface area contributed by atoms with E-state index in [-0.39, 0.29) is 0 Å². The van der Waals surface area contributed by atoms with Crippen LogP contribution in [0.15, 0.2) is 49.7 Å². The maximum Gasteiger partial charge on any atom is 0.0385 e. The van der Waals surface area contributed by atoms with Gasteiger partial charge in [0.15, 0.2) is 0 Å². The van der Waals surface area contributed by atoms with E-state index in [9.17, 15) is 0 Å². The second kappa shape index (κ2) is 9.06. The number of aryl methyl sites for hydroxylation is 2. The molecule has 1 N–H and O–H groups in total. The SMILES string of the molecule is C=C(c1cc[nH]c1C)N1CCCC(c2ccc(P)c(C)c2)C1.C=CC. The van der Waals surface area contributed by atoms with E-state index < -0.39 is 0 Å². The lowest BCUT2D eigenvalue weighted by Crippen LogP contribution is -2.33. The van der Waals surface area contributed by atoms with E-state index in [1.807, 2.05) is 13.1 Å². The highest BCUT2D eigenvalue weighted by atomic mass is 31.0. The average Bonchev–Trinajstić information content (AvgIpc) is 3.03. The van der Waals surface area contributed by atoms with Gasteiger partial charge in [-0.2, -0.15) is 0 Å². The first-order chi connectivity index (χ1) is 12.0. The standard InChI is InChI=1S/C19H25N2P.C3H6/c1-13-11-16(6-7-19(13)22)17-5-4-10-21(12-17)15(3)18-8-9-20-14(18)2;1-3-2/h6-9,11,17,20H,3-5,10,12,22H2,1-2H3;3H,1H2,2H3. The molecule has 0 amide bonds. The van der Waals surface area contributed by atoms with Crippen LogP contribution in [0.1, 0.15) is 48.1 Å². The van der Waals surface area contributed by atoms with E-state index in [0.29, 0.717) is 5.92 Å². The molecule has 1 saturated heterocycles. The number of likely N-dealkylation sites (tertiary alicyclic amines) is 1. The number of benzene rings is 1. The summed E-state index contributed by atoms with van der Waals surface area (Å²) in [5, 5.41) is 1.30. The van der Waals surface area contributed by atoms with Crippen molar-refractivity contribution in [3.63, 3.8) is 0 Å². The molecule has 1 aromatic heterocycles. The molecule has 0 aliphatic carbocycles. The fourth-order valence-corrected chi connectivity index (χ4v) is 3.56. The van der Waals surface area contributed by atoms with E-state index in [2.05, 4.69) is 70.4 Å². The summed E-state index contributed by atoms with van der Waals surface area (Å²) < 4.78 is 0. The molecule has 1 fully saturated rings. The Hall–Kier alpha value is -1.79. The second-order valence-electron chi connectivity index (χ2n) is 6.77. The van der Waals surface area contributed by atoms with Crippen LogP contribution in [0.2, 0.25) is 0 Å². The Morgan fingerprint density at radius 1 is 1.32 bits per heavy atom. The number of aromatic nitrogens is 1. The van der Waals surface area contributed by atoms with Gasteiger partial charge in [0.1, 0.15) is 0 Å². The molecule has 0 bridgehead atoms. The molecule has 3 rings (SSSR count). The minimum atomic E-state index is 0.606. The average molecular weight is 354 g/mol. The highest BCUT2D eigenvalue weighted by Gasteiger charge is 2.23. The van der Waals surface area contributed by atoms with Crippen LogP contribution >= 0.6 is 9.24 Å². The number of nitrogens with one attached hydrogen (secondary N) is 1. The van der Waals surface area contributed by atoms with Crippen molar-refractivity contribution in [2.45, 2.75) is 39.5 Å². The fourth-order valence-electron chi connectivity index (χ4n) is 3.38. The number of hydrogen-bond acceptors (Lipinski definition) is 1. The topological polar surface area (TPSA) is 19.0 Å². The van der Waals surface area contributed by atoms with E-state index >= 15 is 0 Å². The molecule has 3 heteroatoms. The number of aromatic amines is 1. The van der Waals surface area contributed by atoms with Gasteiger partial charge in [0.2, 0.25) is 0 Å². The summed E-state index contributed by atoms with van der Waals surface area (Å²) in [5.41, 5.74) is 6.43. The monoisotopic (exact) mass is 354 g/mol. The van der Waals surface area contributed by atoms with Crippen molar-refractivity contribution in [1.82, 2.24) is 9.88 Å². The Balaban J connectivity index is 0.000000701. The molecule has 2 aromatic rings. The van der Waals surface area contributed by atoms with Gasteiger partial charge in [-0.1, -0.05) is 30.9 Å². The molecule has 0 saturated carbocycles. The number of allylic oxidation sites excluding steroid dienone is 1. The van der Waals surface area contributed by atoms with Crippen molar-refractivity contribution < 1.29 is 0 Å². The summed E-state index contributed by atoms with van der Waals surface area (Å²) in [5.74, 6) is 0.606.